The van der Waals surface area contributed by atoms with E-state index in [-0.39, 0.29) is 12.4 Å². The Balaban J connectivity index is 0.00000192. The van der Waals surface area contributed by atoms with Crippen LogP contribution in [0.15, 0.2) is 59.1 Å². The first-order valence-electron chi connectivity index (χ1n) is 6.86. The molecule has 3 nitrogen and oxygen atoms in total. The van der Waals surface area contributed by atoms with Crippen LogP contribution in [0.25, 0.3) is 11.3 Å². The molecule has 0 unspecified atom stereocenters. The number of hydrogen-bond acceptors (Lipinski definition) is 3. The monoisotopic (exact) mass is 368 g/mol. The Bertz CT molecular complexity index is 739. The fraction of sp³-hybridized carbons (Fsp3) is 0.118. The molecule has 0 amide bonds. The topological polar surface area (TPSA) is 38.1 Å². The molecule has 0 spiro atoms. The highest BCUT2D eigenvalue weighted by molar-refractivity contribution is 6.35. The van der Waals surface area contributed by atoms with E-state index in [1.54, 1.807) is 12.3 Å². The zero-order valence-electron chi connectivity index (χ0n) is 12.1. The third kappa shape index (κ3) is 4.98. The van der Waals surface area contributed by atoms with Crippen molar-refractivity contribution in [2.24, 2.45) is 0 Å². The quantitative estimate of drug-likeness (QED) is 0.658. The van der Waals surface area contributed by atoms with Crippen LogP contribution in [-0.4, -0.2) is 4.98 Å². The first-order valence-corrected chi connectivity index (χ1v) is 7.62. The lowest BCUT2D eigenvalue weighted by Gasteiger charge is -2.02. The average Bonchev–Trinajstić information content (AvgIpc) is 2.96. The molecule has 0 aliphatic carbocycles. The Labute approximate surface area is 151 Å². The summed E-state index contributed by atoms with van der Waals surface area (Å²) in [5.41, 5.74) is 1.87. The van der Waals surface area contributed by atoms with Gasteiger partial charge in [0.05, 0.1) is 12.2 Å². The molecular weight excluding hydrogens is 355 g/mol. The van der Waals surface area contributed by atoms with Gasteiger partial charge in [0.2, 0.25) is 0 Å². The minimum absolute atomic E-state index is 0. The summed E-state index contributed by atoms with van der Waals surface area (Å²) in [6.45, 7) is 1.32. The summed E-state index contributed by atoms with van der Waals surface area (Å²) in [5.74, 6) is 1.60. The van der Waals surface area contributed by atoms with Crippen molar-refractivity contribution in [1.29, 1.82) is 0 Å². The van der Waals surface area contributed by atoms with Gasteiger partial charge in [-0.25, -0.2) is 0 Å². The molecule has 0 radical (unpaired) electrons. The van der Waals surface area contributed by atoms with Gasteiger partial charge in [-0.2, -0.15) is 0 Å². The predicted molar refractivity (Wildman–Crippen MR) is 96.2 cm³/mol. The van der Waals surface area contributed by atoms with Crippen molar-refractivity contribution in [1.82, 2.24) is 10.3 Å². The number of rotatable bonds is 5. The zero-order valence-corrected chi connectivity index (χ0v) is 14.5. The summed E-state index contributed by atoms with van der Waals surface area (Å²) in [4.78, 5) is 4.26. The van der Waals surface area contributed by atoms with Crippen molar-refractivity contribution in [3.05, 3.63) is 76.2 Å². The van der Waals surface area contributed by atoms with Crippen molar-refractivity contribution in [3.8, 4) is 11.3 Å². The van der Waals surface area contributed by atoms with Gasteiger partial charge in [-0.15, -0.1) is 12.4 Å². The van der Waals surface area contributed by atoms with Gasteiger partial charge in [-0.05, 0) is 42.5 Å². The number of pyridine rings is 1. The van der Waals surface area contributed by atoms with Crippen LogP contribution in [0.1, 0.15) is 11.5 Å². The van der Waals surface area contributed by atoms with Gasteiger partial charge in [0, 0.05) is 28.4 Å². The highest BCUT2D eigenvalue weighted by Crippen LogP contribution is 2.28. The summed E-state index contributed by atoms with van der Waals surface area (Å²) in [6, 6.07) is 15.1. The molecule has 0 fully saturated rings. The van der Waals surface area contributed by atoms with Gasteiger partial charge >= 0.3 is 0 Å². The molecule has 0 bridgehead atoms. The molecular formula is C17H15Cl3N2O. The summed E-state index contributed by atoms with van der Waals surface area (Å²) < 4.78 is 5.82. The highest BCUT2D eigenvalue weighted by atomic mass is 35.5. The number of hydrogen-bond donors (Lipinski definition) is 1. The van der Waals surface area contributed by atoms with Gasteiger partial charge < -0.3 is 9.73 Å². The SMILES string of the molecule is Cl.Clc1cc(Cl)cc(-c2ccc(CNCc3ccccn3)o2)c1. The standard InChI is InChI=1S/C17H14Cl2N2O.ClH/c18-13-7-12(8-14(19)9-13)17-5-4-16(22-17)11-20-10-15-3-1-2-6-21-15;/h1-9,20H,10-11H2;1H. The molecule has 1 aromatic carbocycles. The molecule has 1 N–H and O–H groups in total. The van der Waals surface area contributed by atoms with E-state index >= 15 is 0 Å². The molecule has 2 aromatic heterocycles. The Morgan fingerprint density at radius 3 is 2.43 bits per heavy atom. The van der Waals surface area contributed by atoms with Crippen molar-refractivity contribution in [3.63, 3.8) is 0 Å². The van der Waals surface area contributed by atoms with Crippen molar-refractivity contribution < 1.29 is 4.42 Å². The molecule has 0 saturated carbocycles. The number of halogens is 3. The summed E-state index contributed by atoms with van der Waals surface area (Å²) in [7, 11) is 0. The van der Waals surface area contributed by atoms with E-state index in [1.807, 2.05) is 42.5 Å². The predicted octanol–water partition coefficient (Wildman–Crippen LogP) is 5.36. The van der Waals surface area contributed by atoms with Crippen LogP contribution in [0.3, 0.4) is 0 Å². The maximum absolute atomic E-state index is 6.01. The van der Waals surface area contributed by atoms with Crippen molar-refractivity contribution in [2.45, 2.75) is 13.1 Å². The third-order valence-corrected chi connectivity index (χ3v) is 3.58. The molecule has 6 heteroatoms. The van der Waals surface area contributed by atoms with Crippen LogP contribution >= 0.6 is 35.6 Å². The maximum atomic E-state index is 6.01. The van der Waals surface area contributed by atoms with Crippen LogP contribution < -0.4 is 5.32 Å². The summed E-state index contributed by atoms with van der Waals surface area (Å²) in [5, 5.41) is 4.48. The number of nitrogens with zero attached hydrogens (tertiary/aromatic N) is 1. The van der Waals surface area contributed by atoms with E-state index in [1.165, 1.54) is 0 Å². The molecule has 23 heavy (non-hydrogen) atoms. The minimum Gasteiger partial charge on any atom is -0.460 e. The lowest BCUT2D eigenvalue weighted by Crippen LogP contribution is -2.12. The van der Waals surface area contributed by atoms with Crippen molar-refractivity contribution in [2.75, 3.05) is 0 Å². The second-order valence-electron chi connectivity index (χ2n) is 4.85. The largest absolute Gasteiger partial charge is 0.460 e. The number of furan rings is 1. The van der Waals surface area contributed by atoms with Crippen LogP contribution in [0.4, 0.5) is 0 Å². The maximum Gasteiger partial charge on any atom is 0.134 e. The number of nitrogens with one attached hydrogen (secondary N) is 1. The molecule has 3 rings (SSSR count). The van der Waals surface area contributed by atoms with Crippen LogP contribution in [0.2, 0.25) is 10.0 Å². The first kappa shape index (κ1) is 17.8. The number of aromatic nitrogens is 1. The Morgan fingerprint density at radius 2 is 1.74 bits per heavy atom. The zero-order chi connectivity index (χ0) is 15.4. The average molecular weight is 370 g/mol. The Kier molecular flexibility index (Phi) is 6.48. The highest BCUT2D eigenvalue weighted by Gasteiger charge is 2.07. The molecule has 120 valence electrons. The van der Waals surface area contributed by atoms with Gasteiger partial charge in [0.25, 0.3) is 0 Å². The summed E-state index contributed by atoms with van der Waals surface area (Å²) >= 11 is 12.0. The van der Waals surface area contributed by atoms with E-state index in [0.717, 1.165) is 22.8 Å². The smallest absolute Gasteiger partial charge is 0.134 e. The molecule has 0 aliphatic rings. The fourth-order valence-electron chi connectivity index (χ4n) is 2.14. The van der Waals surface area contributed by atoms with Gasteiger partial charge in [-0.3, -0.25) is 4.98 Å². The molecule has 0 saturated heterocycles. The van der Waals surface area contributed by atoms with E-state index in [9.17, 15) is 0 Å². The first-order chi connectivity index (χ1) is 10.7. The molecule has 2 heterocycles. The molecule has 3 aromatic rings. The second kappa shape index (κ2) is 8.37. The van der Waals surface area contributed by atoms with Crippen LogP contribution in [0, 0.1) is 0 Å². The fourth-order valence-corrected chi connectivity index (χ4v) is 2.67. The third-order valence-electron chi connectivity index (χ3n) is 3.14. The van der Waals surface area contributed by atoms with E-state index < -0.39 is 0 Å². The molecule has 0 atom stereocenters. The second-order valence-corrected chi connectivity index (χ2v) is 5.72. The molecule has 0 aliphatic heterocycles. The van der Waals surface area contributed by atoms with Crippen LogP contribution in [0.5, 0.6) is 0 Å². The van der Waals surface area contributed by atoms with E-state index in [2.05, 4.69) is 10.3 Å². The van der Waals surface area contributed by atoms with E-state index in [4.69, 9.17) is 27.6 Å². The minimum atomic E-state index is 0. The van der Waals surface area contributed by atoms with Gasteiger partial charge in [-0.1, -0.05) is 29.3 Å². The van der Waals surface area contributed by atoms with Gasteiger partial charge in [0.15, 0.2) is 0 Å². The normalized spacial score (nSPS) is 10.3. The van der Waals surface area contributed by atoms with Gasteiger partial charge in [0.1, 0.15) is 11.5 Å². The number of benzene rings is 1. The Morgan fingerprint density at radius 1 is 0.957 bits per heavy atom. The lowest BCUT2D eigenvalue weighted by atomic mass is 10.2. The van der Waals surface area contributed by atoms with Crippen molar-refractivity contribution >= 4 is 35.6 Å². The van der Waals surface area contributed by atoms with E-state index in [0.29, 0.717) is 23.1 Å². The van der Waals surface area contributed by atoms with Crippen LogP contribution in [-0.2, 0) is 13.1 Å². The lowest BCUT2D eigenvalue weighted by molar-refractivity contribution is 0.492. The summed E-state index contributed by atoms with van der Waals surface area (Å²) in [6.07, 6.45) is 1.78. The Hall–Kier alpha value is -1.52.